The molecule has 1 aromatic carbocycles. The fourth-order valence-electron chi connectivity index (χ4n) is 6.73. The van der Waals surface area contributed by atoms with Crippen molar-refractivity contribution in [1.82, 2.24) is 28.9 Å². The SMILES string of the molecule is Cc1ccc2c(c(C)nn2SI)c1-c1nc2c(c(N3CCCC(C)(C)C3)n1)CN(c1cc(C3CC3)nn1C)CC2. The summed E-state index contributed by atoms with van der Waals surface area (Å²) in [6.07, 6.45) is 5.87. The van der Waals surface area contributed by atoms with E-state index in [1.807, 2.05) is 4.09 Å². The lowest BCUT2D eigenvalue weighted by molar-refractivity contribution is 0.291. The van der Waals surface area contributed by atoms with Gasteiger partial charge in [-0.05, 0) is 56.6 Å². The molecular formula is C30H37IN8S. The first kappa shape index (κ1) is 26.6. The van der Waals surface area contributed by atoms with Crippen LogP contribution in [0.1, 0.15) is 73.7 Å². The summed E-state index contributed by atoms with van der Waals surface area (Å²) in [5, 5.41) is 10.8. The van der Waals surface area contributed by atoms with E-state index in [4.69, 9.17) is 20.2 Å². The summed E-state index contributed by atoms with van der Waals surface area (Å²) in [7, 11) is 3.69. The molecule has 10 heteroatoms. The molecule has 0 amide bonds. The van der Waals surface area contributed by atoms with Crippen LogP contribution >= 0.6 is 30.3 Å². The van der Waals surface area contributed by atoms with E-state index >= 15 is 0 Å². The number of benzene rings is 1. The van der Waals surface area contributed by atoms with Crippen molar-refractivity contribution in [2.24, 2.45) is 12.5 Å². The van der Waals surface area contributed by atoms with Gasteiger partial charge in [0.25, 0.3) is 0 Å². The molecule has 40 heavy (non-hydrogen) atoms. The first-order valence-corrected chi connectivity index (χ1v) is 17.8. The van der Waals surface area contributed by atoms with E-state index in [1.165, 1.54) is 54.0 Å². The van der Waals surface area contributed by atoms with Crippen LogP contribution in [0.4, 0.5) is 11.6 Å². The van der Waals surface area contributed by atoms with Crippen LogP contribution in [0.25, 0.3) is 22.3 Å². The molecule has 5 heterocycles. The minimum absolute atomic E-state index is 0.261. The van der Waals surface area contributed by atoms with E-state index in [0.717, 1.165) is 66.4 Å². The molecule has 210 valence electrons. The number of rotatable bonds is 5. The highest BCUT2D eigenvalue weighted by Gasteiger charge is 2.34. The number of anilines is 2. The maximum atomic E-state index is 5.45. The molecule has 0 unspecified atom stereocenters. The van der Waals surface area contributed by atoms with Gasteiger partial charge in [-0.2, -0.15) is 14.3 Å². The standard InChI is InChI=1S/C30H37IN8S/c1-18-7-10-24-27(19(2)34-39(24)40-31)26(18)28-32-22-11-14-37(25-15-23(20-8-9-20)35-36(25)5)16-21(22)29(33-28)38-13-6-12-30(3,4)17-38/h7,10,15,20H,6,8-9,11-14,16-17H2,1-5H3. The summed E-state index contributed by atoms with van der Waals surface area (Å²) >= 11 is 2.30. The van der Waals surface area contributed by atoms with Crippen molar-refractivity contribution in [1.29, 1.82) is 0 Å². The van der Waals surface area contributed by atoms with Crippen molar-refractivity contribution in [3.63, 3.8) is 0 Å². The second-order valence-electron chi connectivity index (χ2n) is 12.7. The zero-order chi connectivity index (χ0) is 27.8. The molecule has 1 aliphatic carbocycles. The second kappa shape index (κ2) is 9.89. The molecule has 7 rings (SSSR count). The Morgan fingerprint density at radius 3 is 2.62 bits per heavy atom. The van der Waals surface area contributed by atoms with Gasteiger partial charge in [-0.1, -0.05) is 19.9 Å². The minimum atomic E-state index is 0.261. The predicted octanol–water partition coefficient (Wildman–Crippen LogP) is 6.76. The number of aromatic nitrogens is 6. The van der Waals surface area contributed by atoms with E-state index in [-0.39, 0.29) is 5.41 Å². The number of aryl methyl sites for hydroxylation is 3. The van der Waals surface area contributed by atoms with E-state index in [2.05, 4.69) is 88.6 Å². The highest BCUT2D eigenvalue weighted by Crippen LogP contribution is 2.42. The molecule has 0 N–H and O–H groups in total. The average molecular weight is 669 g/mol. The van der Waals surface area contributed by atoms with Crippen LogP contribution in [-0.4, -0.2) is 48.6 Å². The normalized spacial score (nSPS) is 18.9. The molecule has 0 spiro atoms. The number of piperidine rings is 1. The molecule has 2 fully saturated rings. The molecule has 3 aliphatic rings. The van der Waals surface area contributed by atoms with Crippen LogP contribution in [0.15, 0.2) is 18.2 Å². The molecular weight excluding hydrogens is 631 g/mol. The smallest absolute Gasteiger partial charge is 0.162 e. The van der Waals surface area contributed by atoms with Gasteiger partial charge in [-0.3, -0.25) is 4.68 Å². The molecule has 4 aromatic rings. The Bertz CT molecular complexity index is 1620. The molecule has 3 aromatic heterocycles. The third kappa shape index (κ3) is 4.59. The maximum Gasteiger partial charge on any atom is 0.162 e. The van der Waals surface area contributed by atoms with E-state index in [9.17, 15) is 0 Å². The number of nitrogens with zero attached hydrogens (tertiary/aromatic N) is 8. The monoisotopic (exact) mass is 668 g/mol. The van der Waals surface area contributed by atoms with Crippen molar-refractivity contribution in [2.75, 3.05) is 29.4 Å². The largest absolute Gasteiger partial charge is 0.356 e. The highest BCUT2D eigenvalue weighted by molar-refractivity contribution is 14.2. The van der Waals surface area contributed by atoms with Crippen LogP contribution in [0, 0.1) is 19.3 Å². The lowest BCUT2D eigenvalue weighted by Crippen LogP contribution is -2.42. The summed E-state index contributed by atoms with van der Waals surface area (Å²) in [6, 6.07) is 6.68. The first-order valence-electron chi connectivity index (χ1n) is 14.4. The maximum absolute atomic E-state index is 5.45. The van der Waals surface area contributed by atoms with Crippen molar-refractivity contribution in [2.45, 2.75) is 72.3 Å². The fourth-order valence-corrected chi connectivity index (χ4v) is 8.01. The van der Waals surface area contributed by atoms with Crippen LogP contribution in [0.5, 0.6) is 0 Å². The van der Waals surface area contributed by atoms with Gasteiger partial charge >= 0.3 is 0 Å². The predicted molar refractivity (Wildman–Crippen MR) is 172 cm³/mol. The molecule has 0 atom stereocenters. The Labute approximate surface area is 252 Å². The minimum Gasteiger partial charge on any atom is -0.356 e. The zero-order valence-corrected chi connectivity index (χ0v) is 27.0. The van der Waals surface area contributed by atoms with Gasteiger partial charge in [-0.25, -0.2) is 9.97 Å². The van der Waals surface area contributed by atoms with Gasteiger partial charge in [0.2, 0.25) is 0 Å². The van der Waals surface area contributed by atoms with Crippen LogP contribution in [0.2, 0.25) is 0 Å². The van der Waals surface area contributed by atoms with Crippen molar-refractivity contribution < 1.29 is 0 Å². The number of hydrogen-bond acceptors (Lipinski definition) is 7. The second-order valence-corrected chi connectivity index (χ2v) is 14.3. The van der Waals surface area contributed by atoms with Crippen LogP contribution in [-0.2, 0) is 20.0 Å². The molecule has 0 bridgehead atoms. The van der Waals surface area contributed by atoms with E-state index < -0.39 is 0 Å². The summed E-state index contributed by atoms with van der Waals surface area (Å²) in [5.41, 5.74) is 8.43. The Kier molecular flexibility index (Phi) is 6.56. The Balaban J connectivity index is 1.37. The fraction of sp³-hybridized carbons (Fsp3) is 0.533. The van der Waals surface area contributed by atoms with Crippen molar-refractivity contribution in [3.05, 3.63) is 46.4 Å². The van der Waals surface area contributed by atoms with Crippen LogP contribution < -0.4 is 9.80 Å². The van der Waals surface area contributed by atoms with E-state index in [0.29, 0.717) is 5.92 Å². The van der Waals surface area contributed by atoms with Crippen LogP contribution in [0.3, 0.4) is 0 Å². The Morgan fingerprint density at radius 1 is 1.05 bits per heavy atom. The summed E-state index contributed by atoms with van der Waals surface area (Å²) < 4.78 is 4.08. The molecule has 8 nitrogen and oxygen atoms in total. The Hall–Kier alpha value is -2.34. The number of fused-ring (bicyclic) bond motifs is 2. The number of hydrogen-bond donors (Lipinski definition) is 0. The number of halogens is 1. The third-order valence-electron chi connectivity index (χ3n) is 8.92. The van der Waals surface area contributed by atoms with Gasteiger partial charge in [-0.15, -0.1) is 0 Å². The molecule has 2 aliphatic heterocycles. The van der Waals surface area contributed by atoms with Crippen molar-refractivity contribution in [3.8, 4) is 11.4 Å². The molecule has 0 radical (unpaired) electrons. The lowest BCUT2D eigenvalue weighted by Gasteiger charge is -2.41. The van der Waals surface area contributed by atoms with Gasteiger partial charge in [0, 0.05) is 98.5 Å². The zero-order valence-electron chi connectivity index (χ0n) is 24.0. The van der Waals surface area contributed by atoms with Gasteiger partial charge in [0.1, 0.15) is 11.6 Å². The first-order chi connectivity index (χ1) is 19.2. The lowest BCUT2D eigenvalue weighted by atomic mass is 9.84. The summed E-state index contributed by atoms with van der Waals surface area (Å²) in [4.78, 5) is 15.8. The highest BCUT2D eigenvalue weighted by atomic mass is 127. The van der Waals surface area contributed by atoms with Crippen molar-refractivity contribution >= 4 is 52.9 Å². The molecule has 1 saturated carbocycles. The quantitative estimate of drug-likeness (QED) is 0.218. The van der Waals surface area contributed by atoms with Gasteiger partial charge in [0.15, 0.2) is 5.82 Å². The van der Waals surface area contributed by atoms with Gasteiger partial charge in [0.05, 0.1) is 22.6 Å². The summed E-state index contributed by atoms with van der Waals surface area (Å²) in [6.45, 7) is 12.9. The topological polar surface area (TPSA) is 67.9 Å². The summed E-state index contributed by atoms with van der Waals surface area (Å²) in [5.74, 6) is 3.82. The average Bonchev–Trinajstić information content (AvgIpc) is 3.63. The Morgan fingerprint density at radius 2 is 1.88 bits per heavy atom. The van der Waals surface area contributed by atoms with E-state index in [1.54, 1.807) is 9.12 Å². The molecule has 1 saturated heterocycles. The third-order valence-corrected chi connectivity index (χ3v) is 10.4. The van der Waals surface area contributed by atoms with Gasteiger partial charge < -0.3 is 9.80 Å².